The maximum atomic E-state index is 5.89. The molecule has 2 aromatic rings. The first-order valence-electron chi connectivity index (χ1n) is 4.27. The third kappa shape index (κ3) is 1.55. The summed E-state index contributed by atoms with van der Waals surface area (Å²) in [5.74, 6) is 0. The molecule has 2 rings (SSSR count). The van der Waals surface area contributed by atoms with Gasteiger partial charge in [0.05, 0.1) is 11.6 Å². The van der Waals surface area contributed by atoms with Crippen LogP contribution in [0.3, 0.4) is 0 Å². The van der Waals surface area contributed by atoms with E-state index in [1.165, 1.54) is 0 Å². The number of aromatic nitrogens is 4. The zero-order valence-corrected chi connectivity index (χ0v) is 9.05. The number of rotatable bonds is 2. The van der Waals surface area contributed by atoms with Gasteiger partial charge in [0.2, 0.25) is 5.28 Å². The van der Waals surface area contributed by atoms with Crippen LogP contribution in [0.25, 0.3) is 11.0 Å². The average Bonchev–Trinajstić information content (AvgIpc) is 2.49. The third-order valence-electron chi connectivity index (χ3n) is 1.86. The van der Waals surface area contributed by atoms with Gasteiger partial charge in [-0.1, -0.05) is 18.5 Å². The van der Waals surface area contributed by atoms with E-state index in [0.717, 1.165) is 18.4 Å². The fourth-order valence-electron chi connectivity index (χ4n) is 1.27. The van der Waals surface area contributed by atoms with Gasteiger partial charge in [-0.2, -0.15) is 10.1 Å². The highest BCUT2D eigenvalue weighted by Gasteiger charge is 2.09. The highest BCUT2D eigenvalue weighted by atomic mass is 35.5. The predicted molar refractivity (Wildman–Crippen MR) is 55.6 cm³/mol. The first-order chi connectivity index (χ1) is 6.72. The molecule has 2 heterocycles. The largest absolute Gasteiger partial charge is 0.247 e. The van der Waals surface area contributed by atoms with Gasteiger partial charge in [-0.05, 0) is 18.0 Å². The van der Waals surface area contributed by atoms with Crippen molar-refractivity contribution >= 4 is 34.2 Å². The van der Waals surface area contributed by atoms with E-state index in [2.05, 4.69) is 22.0 Å². The molecular formula is C8H8Cl2N4. The van der Waals surface area contributed by atoms with Crippen molar-refractivity contribution in [3.8, 4) is 0 Å². The van der Waals surface area contributed by atoms with Crippen molar-refractivity contribution in [2.45, 2.75) is 19.9 Å². The summed E-state index contributed by atoms with van der Waals surface area (Å²) in [6.45, 7) is 2.87. The Morgan fingerprint density at radius 1 is 1.36 bits per heavy atom. The topological polar surface area (TPSA) is 43.6 Å². The van der Waals surface area contributed by atoms with E-state index in [1.54, 1.807) is 10.9 Å². The molecule has 0 aliphatic heterocycles. The summed E-state index contributed by atoms with van der Waals surface area (Å²) in [6, 6.07) is 0. The van der Waals surface area contributed by atoms with Crippen LogP contribution in [0.5, 0.6) is 0 Å². The summed E-state index contributed by atoms with van der Waals surface area (Å²) in [5.41, 5.74) is 0.692. The molecule has 14 heavy (non-hydrogen) atoms. The zero-order chi connectivity index (χ0) is 10.1. The van der Waals surface area contributed by atoms with Gasteiger partial charge in [-0.3, -0.25) is 0 Å². The molecule has 74 valence electrons. The van der Waals surface area contributed by atoms with E-state index >= 15 is 0 Å². The Morgan fingerprint density at radius 3 is 2.86 bits per heavy atom. The van der Waals surface area contributed by atoms with Crippen LogP contribution >= 0.6 is 23.2 Å². The lowest BCUT2D eigenvalue weighted by Crippen LogP contribution is -2.00. The Labute approximate surface area is 90.9 Å². The smallest absolute Gasteiger partial charge is 0.225 e. The Kier molecular flexibility index (Phi) is 2.56. The lowest BCUT2D eigenvalue weighted by molar-refractivity contribution is 0.617. The third-order valence-corrected chi connectivity index (χ3v) is 2.31. The van der Waals surface area contributed by atoms with Crippen LogP contribution in [0.15, 0.2) is 6.20 Å². The van der Waals surface area contributed by atoms with E-state index in [-0.39, 0.29) is 5.28 Å². The molecule has 0 aliphatic carbocycles. The molecule has 0 aromatic carbocycles. The molecule has 0 atom stereocenters. The number of aryl methyl sites for hydroxylation is 1. The Morgan fingerprint density at radius 2 is 2.14 bits per heavy atom. The quantitative estimate of drug-likeness (QED) is 0.589. The second-order valence-corrected chi connectivity index (χ2v) is 3.58. The minimum atomic E-state index is 0.153. The minimum Gasteiger partial charge on any atom is -0.247 e. The van der Waals surface area contributed by atoms with Crippen molar-refractivity contribution in [2.75, 3.05) is 0 Å². The molecule has 0 amide bonds. The van der Waals surface area contributed by atoms with Crippen LogP contribution in [0.4, 0.5) is 0 Å². The number of hydrogen-bond acceptors (Lipinski definition) is 3. The molecule has 0 aliphatic rings. The van der Waals surface area contributed by atoms with Crippen LogP contribution in [0.1, 0.15) is 13.3 Å². The Balaban J connectivity index is 2.66. The number of hydrogen-bond donors (Lipinski definition) is 0. The van der Waals surface area contributed by atoms with Gasteiger partial charge in [-0.15, -0.1) is 0 Å². The van der Waals surface area contributed by atoms with Gasteiger partial charge in [0.25, 0.3) is 0 Å². The molecule has 0 radical (unpaired) electrons. The van der Waals surface area contributed by atoms with E-state index in [4.69, 9.17) is 23.2 Å². The molecule has 0 spiro atoms. The van der Waals surface area contributed by atoms with Gasteiger partial charge in [0, 0.05) is 6.54 Å². The van der Waals surface area contributed by atoms with Gasteiger partial charge < -0.3 is 0 Å². The highest BCUT2D eigenvalue weighted by molar-refractivity contribution is 6.35. The summed E-state index contributed by atoms with van der Waals surface area (Å²) in [6.07, 6.45) is 2.64. The summed E-state index contributed by atoms with van der Waals surface area (Å²) in [7, 11) is 0. The second kappa shape index (κ2) is 3.71. The van der Waals surface area contributed by atoms with Gasteiger partial charge in [0.15, 0.2) is 5.65 Å². The predicted octanol–water partition coefficient (Wildman–Crippen LogP) is 2.54. The maximum Gasteiger partial charge on any atom is 0.225 e. The molecule has 0 fully saturated rings. The van der Waals surface area contributed by atoms with Crippen molar-refractivity contribution in [1.29, 1.82) is 0 Å². The number of fused-ring (bicyclic) bond motifs is 1. The molecule has 0 saturated heterocycles. The van der Waals surface area contributed by atoms with Crippen molar-refractivity contribution in [3.63, 3.8) is 0 Å². The molecule has 0 bridgehead atoms. The average molecular weight is 231 g/mol. The minimum absolute atomic E-state index is 0.153. The Bertz CT molecular complexity index is 466. The van der Waals surface area contributed by atoms with Crippen molar-refractivity contribution < 1.29 is 0 Å². The van der Waals surface area contributed by atoms with E-state index in [1.807, 2.05) is 0 Å². The van der Waals surface area contributed by atoms with Crippen LogP contribution < -0.4 is 0 Å². The normalized spacial score (nSPS) is 11.1. The molecule has 2 aromatic heterocycles. The van der Waals surface area contributed by atoms with E-state index in [0.29, 0.717) is 10.8 Å². The van der Waals surface area contributed by atoms with Crippen molar-refractivity contribution in [3.05, 3.63) is 16.6 Å². The fraction of sp³-hybridized carbons (Fsp3) is 0.375. The lowest BCUT2D eigenvalue weighted by atomic mass is 10.4. The van der Waals surface area contributed by atoms with Crippen LogP contribution in [-0.4, -0.2) is 19.7 Å². The lowest BCUT2D eigenvalue weighted by Gasteiger charge is -1.99. The molecule has 0 unspecified atom stereocenters. The van der Waals surface area contributed by atoms with Gasteiger partial charge >= 0.3 is 0 Å². The van der Waals surface area contributed by atoms with Crippen LogP contribution in [0, 0.1) is 0 Å². The maximum absolute atomic E-state index is 5.89. The highest BCUT2D eigenvalue weighted by Crippen LogP contribution is 2.21. The molecule has 0 saturated carbocycles. The number of halogens is 2. The standard InChI is InChI=1S/C8H8Cl2N4/c1-2-3-14-7-5(4-11-14)6(9)12-8(10)13-7/h4H,2-3H2,1H3. The van der Waals surface area contributed by atoms with Gasteiger partial charge in [-0.25, -0.2) is 9.67 Å². The molecule has 6 heteroatoms. The molecule has 4 nitrogen and oxygen atoms in total. The Hall–Kier alpha value is -0.870. The van der Waals surface area contributed by atoms with E-state index in [9.17, 15) is 0 Å². The van der Waals surface area contributed by atoms with E-state index < -0.39 is 0 Å². The van der Waals surface area contributed by atoms with Gasteiger partial charge in [0.1, 0.15) is 5.15 Å². The van der Waals surface area contributed by atoms with Crippen LogP contribution in [-0.2, 0) is 6.54 Å². The fourth-order valence-corrected chi connectivity index (χ4v) is 1.69. The molecule has 0 N–H and O–H groups in total. The summed E-state index contributed by atoms with van der Waals surface area (Å²) in [5, 5.41) is 5.40. The summed E-state index contributed by atoms with van der Waals surface area (Å²) >= 11 is 11.6. The summed E-state index contributed by atoms with van der Waals surface area (Å²) < 4.78 is 1.77. The zero-order valence-electron chi connectivity index (χ0n) is 7.54. The summed E-state index contributed by atoms with van der Waals surface area (Å²) in [4.78, 5) is 7.93. The second-order valence-electron chi connectivity index (χ2n) is 2.89. The first kappa shape index (κ1) is 9.68. The molecular weight excluding hydrogens is 223 g/mol. The SMILES string of the molecule is CCCn1ncc2c(Cl)nc(Cl)nc21. The monoisotopic (exact) mass is 230 g/mol. The first-order valence-corrected chi connectivity index (χ1v) is 5.02. The van der Waals surface area contributed by atoms with Crippen molar-refractivity contribution in [1.82, 2.24) is 19.7 Å². The van der Waals surface area contributed by atoms with Crippen LogP contribution in [0.2, 0.25) is 10.4 Å². The van der Waals surface area contributed by atoms with Crippen molar-refractivity contribution in [2.24, 2.45) is 0 Å². The number of nitrogens with zero attached hydrogens (tertiary/aromatic N) is 4.